The van der Waals surface area contributed by atoms with Gasteiger partial charge in [0.25, 0.3) is 0 Å². The summed E-state index contributed by atoms with van der Waals surface area (Å²) in [6.07, 6.45) is 1.50. The van der Waals surface area contributed by atoms with Crippen molar-refractivity contribution >= 4 is 23.2 Å². The van der Waals surface area contributed by atoms with Gasteiger partial charge >= 0.3 is 0 Å². The van der Waals surface area contributed by atoms with Crippen LogP contribution in [0.4, 0.5) is 5.69 Å². The van der Waals surface area contributed by atoms with E-state index in [1.807, 2.05) is 6.07 Å². The average molecular weight is 249 g/mol. The highest BCUT2D eigenvalue weighted by Crippen LogP contribution is 2.27. The van der Waals surface area contributed by atoms with Crippen LogP contribution in [0.25, 0.3) is 0 Å². The third-order valence-electron chi connectivity index (χ3n) is 2.65. The first-order valence-corrected chi connectivity index (χ1v) is 5.89. The van der Waals surface area contributed by atoms with Gasteiger partial charge in [0.2, 0.25) is 5.91 Å². The smallest absolute Gasteiger partial charge is 0.227 e. The fraction of sp³-hybridized carbons (Fsp3) is 0.308. The summed E-state index contributed by atoms with van der Waals surface area (Å²) in [7, 11) is 0. The van der Waals surface area contributed by atoms with Crippen LogP contribution in [0.15, 0.2) is 18.2 Å². The van der Waals surface area contributed by atoms with Crippen molar-refractivity contribution in [3.05, 3.63) is 28.8 Å². The first-order chi connectivity index (χ1) is 8.22. The third-order valence-corrected chi connectivity index (χ3v) is 2.88. The number of carbonyl (C=O) groups excluding carboxylic acids is 1. The van der Waals surface area contributed by atoms with Gasteiger partial charge in [0.15, 0.2) is 0 Å². The van der Waals surface area contributed by atoms with Gasteiger partial charge in [0.05, 0.1) is 12.2 Å². The van der Waals surface area contributed by atoms with E-state index in [0.717, 1.165) is 24.2 Å². The van der Waals surface area contributed by atoms with Crippen molar-refractivity contribution in [1.82, 2.24) is 0 Å². The van der Waals surface area contributed by atoms with Crippen LogP contribution >= 0.6 is 11.6 Å². The SMILES string of the molecule is NCC#Cc1cc(Cl)ccc1N1CCCC1=O. The monoisotopic (exact) mass is 248 g/mol. The van der Waals surface area contributed by atoms with Crippen molar-refractivity contribution < 1.29 is 4.79 Å². The molecule has 0 radical (unpaired) electrons. The van der Waals surface area contributed by atoms with Crippen LogP contribution in [-0.4, -0.2) is 19.0 Å². The molecule has 2 N–H and O–H groups in total. The summed E-state index contributed by atoms with van der Waals surface area (Å²) in [5.74, 6) is 5.89. The minimum atomic E-state index is 0.142. The van der Waals surface area contributed by atoms with Crippen LogP contribution in [-0.2, 0) is 4.79 Å². The van der Waals surface area contributed by atoms with Gasteiger partial charge in [-0.2, -0.15) is 0 Å². The molecular formula is C13H13ClN2O. The Morgan fingerprint density at radius 2 is 2.29 bits per heavy atom. The van der Waals surface area contributed by atoms with E-state index in [1.165, 1.54) is 0 Å². The van der Waals surface area contributed by atoms with Crippen molar-refractivity contribution in [3.63, 3.8) is 0 Å². The second-order valence-electron chi connectivity index (χ2n) is 3.82. The van der Waals surface area contributed by atoms with Gasteiger partial charge in [-0.05, 0) is 24.6 Å². The molecule has 0 saturated carbocycles. The van der Waals surface area contributed by atoms with Crippen molar-refractivity contribution in [2.45, 2.75) is 12.8 Å². The standard InChI is InChI=1S/C13H13ClN2O/c14-11-5-6-12(10(9-11)3-1-7-15)16-8-2-4-13(16)17/h5-6,9H,2,4,7-8,15H2. The number of nitrogens with two attached hydrogens (primary N) is 1. The van der Waals surface area contributed by atoms with Crippen molar-refractivity contribution in [3.8, 4) is 11.8 Å². The minimum absolute atomic E-state index is 0.142. The molecule has 1 amide bonds. The fourth-order valence-electron chi connectivity index (χ4n) is 1.89. The average Bonchev–Trinajstić information content (AvgIpc) is 2.73. The van der Waals surface area contributed by atoms with E-state index in [9.17, 15) is 4.79 Å². The van der Waals surface area contributed by atoms with E-state index in [4.69, 9.17) is 17.3 Å². The lowest BCUT2D eigenvalue weighted by atomic mass is 10.1. The van der Waals surface area contributed by atoms with Crippen LogP contribution < -0.4 is 10.6 Å². The molecule has 0 spiro atoms. The molecule has 1 heterocycles. The predicted octanol–water partition coefficient (Wildman–Crippen LogP) is 1.78. The topological polar surface area (TPSA) is 46.3 Å². The number of carbonyl (C=O) groups is 1. The second kappa shape index (κ2) is 5.22. The number of hydrogen-bond acceptors (Lipinski definition) is 2. The maximum Gasteiger partial charge on any atom is 0.227 e. The number of nitrogens with zero attached hydrogens (tertiary/aromatic N) is 1. The van der Waals surface area contributed by atoms with Crippen LogP contribution in [0.5, 0.6) is 0 Å². The predicted molar refractivity (Wildman–Crippen MR) is 69.0 cm³/mol. The Morgan fingerprint density at radius 1 is 1.47 bits per heavy atom. The molecule has 0 bridgehead atoms. The Balaban J connectivity index is 2.41. The third kappa shape index (κ3) is 2.60. The summed E-state index contributed by atoms with van der Waals surface area (Å²) < 4.78 is 0. The molecule has 4 heteroatoms. The molecule has 1 aliphatic rings. The van der Waals surface area contributed by atoms with Gasteiger partial charge in [0.1, 0.15) is 0 Å². The van der Waals surface area contributed by atoms with E-state index >= 15 is 0 Å². The zero-order valence-corrected chi connectivity index (χ0v) is 10.1. The Hall–Kier alpha value is -1.50. The Kier molecular flexibility index (Phi) is 3.68. The van der Waals surface area contributed by atoms with Gasteiger partial charge in [-0.3, -0.25) is 4.79 Å². The van der Waals surface area contributed by atoms with E-state index in [2.05, 4.69) is 11.8 Å². The largest absolute Gasteiger partial charge is 0.320 e. The van der Waals surface area contributed by atoms with Gasteiger partial charge in [-0.15, -0.1) is 0 Å². The summed E-state index contributed by atoms with van der Waals surface area (Å²) in [4.78, 5) is 13.5. The molecule has 17 heavy (non-hydrogen) atoms. The lowest BCUT2D eigenvalue weighted by molar-refractivity contribution is -0.117. The van der Waals surface area contributed by atoms with E-state index in [-0.39, 0.29) is 5.91 Å². The molecule has 0 aromatic heterocycles. The normalized spacial score (nSPS) is 14.7. The van der Waals surface area contributed by atoms with Crippen LogP contribution in [0.1, 0.15) is 18.4 Å². The second-order valence-corrected chi connectivity index (χ2v) is 4.25. The summed E-state index contributed by atoms with van der Waals surface area (Å²) in [6, 6.07) is 5.38. The first-order valence-electron chi connectivity index (χ1n) is 5.51. The summed E-state index contributed by atoms with van der Waals surface area (Å²) in [5.41, 5.74) is 6.95. The molecule has 3 nitrogen and oxygen atoms in total. The molecule has 88 valence electrons. The number of hydrogen-bond donors (Lipinski definition) is 1. The molecule has 2 rings (SSSR count). The number of amides is 1. The Morgan fingerprint density at radius 3 is 2.94 bits per heavy atom. The lowest BCUT2D eigenvalue weighted by Gasteiger charge is -2.17. The summed E-state index contributed by atoms with van der Waals surface area (Å²) >= 11 is 5.94. The Bertz CT molecular complexity index is 502. The molecule has 1 fully saturated rings. The van der Waals surface area contributed by atoms with Crippen LogP contribution in [0, 0.1) is 11.8 Å². The van der Waals surface area contributed by atoms with Crippen molar-refractivity contribution in [2.24, 2.45) is 5.73 Å². The number of rotatable bonds is 1. The zero-order chi connectivity index (χ0) is 12.3. The molecule has 0 aliphatic carbocycles. The molecule has 0 atom stereocenters. The minimum Gasteiger partial charge on any atom is -0.320 e. The maximum atomic E-state index is 11.7. The van der Waals surface area contributed by atoms with Gasteiger partial charge in [-0.25, -0.2) is 0 Å². The van der Waals surface area contributed by atoms with Crippen LogP contribution in [0.3, 0.4) is 0 Å². The van der Waals surface area contributed by atoms with E-state index in [0.29, 0.717) is 18.0 Å². The van der Waals surface area contributed by atoms with Crippen LogP contribution in [0.2, 0.25) is 5.02 Å². The van der Waals surface area contributed by atoms with E-state index in [1.54, 1.807) is 17.0 Å². The first kappa shape index (κ1) is 12.0. The zero-order valence-electron chi connectivity index (χ0n) is 9.37. The van der Waals surface area contributed by atoms with E-state index < -0.39 is 0 Å². The van der Waals surface area contributed by atoms with Crippen molar-refractivity contribution in [1.29, 1.82) is 0 Å². The van der Waals surface area contributed by atoms with Gasteiger partial charge < -0.3 is 10.6 Å². The van der Waals surface area contributed by atoms with Crippen molar-refractivity contribution in [2.75, 3.05) is 18.0 Å². The van der Waals surface area contributed by atoms with Gasteiger partial charge in [-0.1, -0.05) is 23.4 Å². The molecule has 1 saturated heterocycles. The maximum absolute atomic E-state index is 11.7. The molecule has 0 unspecified atom stereocenters. The highest BCUT2D eigenvalue weighted by atomic mass is 35.5. The number of anilines is 1. The fourth-order valence-corrected chi connectivity index (χ4v) is 2.06. The molecule has 1 aliphatic heterocycles. The number of benzene rings is 1. The lowest BCUT2D eigenvalue weighted by Crippen LogP contribution is -2.24. The summed E-state index contributed by atoms with van der Waals surface area (Å²) in [5, 5.41) is 0.613. The quantitative estimate of drug-likeness (QED) is 0.770. The molecular weight excluding hydrogens is 236 g/mol. The number of halogens is 1. The Labute approximate surface area is 106 Å². The highest BCUT2D eigenvalue weighted by molar-refractivity contribution is 6.30. The van der Waals surface area contributed by atoms with Gasteiger partial charge in [0, 0.05) is 23.6 Å². The molecule has 1 aromatic carbocycles. The highest BCUT2D eigenvalue weighted by Gasteiger charge is 2.23. The molecule has 1 aromatic rings. The summed E-state index contributed by atoms with van der Waals surface area (Å²) in [6.45, 7) is 1.04.